The smallest absolute Gasteiger partial charge is 0.321 e. The number of amides is 3. The first-order chi connectivity index (χ1) is 9.27. The number of hydrogen-bond acceptors (Lipinski definition) is 4. The Bertz CT molecular complexity index is 394. The van der Waals surface area contributed by atoms with Gasteiger partial charge in [0, 0.05) is 24.5 Å². The summed E-state index contributed by atoms with van der Waals surface area (Å²) in [6.45, 7) is 6.54. The molecule has 0 heterocycles. The van der Waals surface area contributed by atoms with Crippen molar-refractivity contribution in [3.8, 4) is 0 Å². The SMILES string of the molecule is CCOC1CC(NC(=O)NC(=O)CCC(=O)O)C1(C)C. The summed E-state index contributed by atoms with van der Waals surface area (Å²) in [5.41, 5.74) is -0.183. The molecule has 1 aliphatic carbocycles. The van der Waals surface area contributed by atoms with E-state index in [9.17, 15) is 14.4 Å². The van der Waals surface area contributed by atoms with Crippen molar-refractivity contribution in [2.75, 3.05) is 6.61 Å². The zero-order valence-electron chi connectivity index (χ0n) is 12.1. The van der Waals surface area contributed by atoms with Crippen molar-refractivity contribution in [2.45, 2.75) is 52.2 Å². The van der Waals surface area contributed by atoms with Crippen LogP contribution in [-0.2, 0) is 14.3 Å². The Kier molecular flexibility index (Phi) is 5.50. The summed E-state index contributed by atoms with van der Waals surface area (Å²) in [6.07, 6.45) is 0.302. The van der Waals surface area contributed by atoms with Crippen LogP contribution in [0.4, 0.5) is 4.79 Å². The van der Waals surface area contributed by atoms with Crippen molar-refractivity contribution in [2.24, 2.45) is 5.41 Å². The Hall–Kier alpha value is -1.63. The third-order valence-electron chi connectivity index (χ3n) is 3.67. The highest BCUT2D eigenvalue weighted by Crippen LogP contribution is 2.42. The molecule has 3 amide bonds. The number of urea groups is 1. The van der Waals surface area contributed by atoms with E-state index in [2.05, 4.69) is 10.6 Å². The molecule has 7 heteroatoms. The summed E-state index contributed by atoms with van der Waals surface area (Å²) in [7, 11) is 0. The van der Waals surface area contributed by atoms with Gasteiger partial charge in [0.05, 0.1) is 12.5 Å². The normalized spacial score (nSPS) is 23.6. The minimum atomic E-state index is -1.07. The summed E-state index contributed by atoms with van der Waals surface area (Å²) >= 11 is 0. The lowest BCUT2D eigenvalue weighted by Gasteiger charge is -2.51. The topological polar surface area (TPSA) is 105 Å². The first-order valence-corrected chi connectivity index (χ1v) is 6.71. The molecule has 0 aromatic carbocycles. The van der Waals surface area contributed by atoms with Crippen LogP contribution < -0.4 is 10.6 Å². The van der Waals surface area contributed by atoms with Crippen LogP contribution in [-0.4, -0.2) is 41.8 Å². The molecule has 0 aliphatic heterocycles. The van der Waals surface area contributed by atoms with Crippen LogP contribution in [0.3, 0.4) is 0 Å². The van der Waals surface area contributed by atoms with Crippen LogP contribution >= 0.6 is 0 Å². The molecule has 7 nitrogen and oxygen atoms in total. The summed E-state index contributed by atoms with van der Waals surface area (Å²) in [5.74, 6) is -1.66. The second-order valence-electron chi connectivity index (χ2n) is 5.47. The number of carboxylic acids is 1. The lowest BCUT2D eigenvalue weighted by atomic mass is 9.64. The highest BCUT2D eigenvalue weighted by Gasteiger charge is 2.49. The van der Waals surface area contributed by atoms with Gasteiger partial charge in [-0.25, -0.2) is 4.79 Å². The number of hydrogen-bond donors (Lipinski definition) is 3. The summed E-state index contributed by atoms with van der Waals surface area (Å²) in [4.78, 5) is 33.2. The van der Waals surface area contributed by atoms with Crippen LogP contribution in [0.5, 0.6) is 0 Å². The van der Waals surface area contributed by atoms with Gasteiger partial charge in [-0.1, -0.05) is 13.8 Å². The van der Waals surface area contributed by atoms with Crippen LogP contribution in [0.1, 0.15) is 40.0 Å². The van der Waals surface area contributed by atoms with Crippen LogP contribution in [0.2, 0.25) is 0 Å². The Labute approximate surface area is 118 Å². The molecule has 1 fully saturated rings. The Morgan fingerprint density at radius 1 is 1.30 bits per heavy atom. The molecule has 0 bridgehead atoms. The molecule has 0 radical (unpaired) electrons. The average Bonchev–Trinajstić information content (AvgIpc) is 2.35. The van der Waals surface area contributed by atoms with Gasteiger partial charge < -0.3 is 15.2 Å². The van der Waals surface area contributed by atoms with E-state index >= 15 is 0 Å². The fourth-order valence-electron chi connectivity index (χ4n) is 2.22. The minimum Gasteiger partial charge on any atom is -0.481 e. The molecule has 0 spiro atoms. The number of aliphatic carboxylic acids is 1. The van der Waals surface area contributed by atoms with Crippen LogP contribution in [0.15, 0.2) is 0 Å². The van der Waals surface area contributed by atoms with E-state index in [4.69, 9.17) is 9.84 Å². The minimum absolute atomic E-state index is 0.0636. The second-order valence-corrected chi connectivity index (χ2v) is 5.47. The number of rotatable bonds is 6. The first-order valence-electron chi connectivity index (χ1n) is 6.71. The van der Waals surface area contributed by atoms with E-state index in [0.29, 0.717) is 13.0 Å². The fourth-order valence-corrected chi connectivity index (χ4v) is 2.22. The monoisotopic (exact) mass is 286 g/mol. The van der Waals surface area contributed by atoms with Gasteiger partial charge in [0.2, 0.25) is 5.91 Å². The van der Waals surface area contributed by atoms with Gasteiger partial charge in [-0.2, -0.15) is 0 Å². The average molecular weight is 286 g/mol. The van der Waals surface area contributed by atoms with E-state index in [1.54, 1.807) is 0 Å². The van der Waals surface area contributed by atoms with Crippen LogP contribution in [0, 0.1) is 5.41 Å². The Morgan fingerprint density at radius 3 is 2.45 bits per heavy atom. The van der Waals surface area contributed by atoms with Gasteiger partial charge in [-0.3, -0.25) is 14.9 Å². The number of nitrogens with one attached hydrogen (secondary N) is 2. The number of imide groups is 1. The molecule has 1 rings (SSSR count). The van der Waals surface area contributed by atoms with Crippen molar-refractivity contribution in [3.63, 3.8) is 0 Å². The third-order valence-corrected chi connectivity index (χ3v) is 3.67. The van der Waals surface area contributed by atoms with Gasteiger partial charge >= 0.3 is 12.0 Å². The van der Waals surface area contributed by atoms with Gasteiger partial charge in [0.1, 0.15) is 0 Å². The molecular formula is C13H22N2O5. The van der Waals surface area contributed by atoms with E-state index < -0.39 is 17.9 Å². The van der Waals surface area contributed by atoms with Crippen molar-refractivity contribution in [1.29, 1.82) is 0 Å². The molecule has 20 heavy (non-hydrogen) atoms. The van der Waals surface area contributed by atoms with Gasteiger partial charge in [0.15, 0.2) is 0 Å². The zero-order valence-corrected chi connectivity index (χ0v) is 12.1. The van der Waals surface area contributed by atoms with E-state index in [0.717, 1.165) is 0 Å². The summed E-state index contributed by atoms with van der Waals surface area (Å²) < 4.78 is 5.55. The van der Waals surface area contributed by atoms with Crippen molar-refractivity contribution in [3.05, 3.63) is 0 Å². The number of carbonyl (C=O) groups excluding carboxylic acids is 2. The molecule has 0 saturated heterocycles. The number of carboxylic acid groups (broad SMARTS) is 1. The summed E-state index contributed by atoms with van der Waals surface area (Å²) in [6, 6.07) is -0.653. The molecule has 2 unspecified atom stereocenters. The first kappa shape index (κ1) is 16.4. The molecular weight excluding hydrogens is 264 g/mol. The van der Waals surface area contributed by atoms with E-state index in [1.165, 1.54) is 0 Å². The molecule has 1 aliphatic rings. The maximum absolute atomic E-state index is 11.6. The quantitative estimate of drug-likeness (QED) is 0.672. The predicted octanol–water partition coefficient (Wildman–Crippen LogP) is 0.881. The van der Waals surface area contributed by atoms with Gasteiger partial charge in [-0.05, 0) is 13.3 Å². The molecule has 3 N–H and O–H groups in total. The molecule has 114 valence electrons. The molecule has 0 aromatic rings. The molecule has 1 saturated carbocycles. The third kappa shape index (κ3) is 4.19. The standard InChI is InChI=1S/C13H22N2O5/c1-4-20-9-7-8(13(9,2)3)14-12(19)15-10(16)5-6-11(17)18/h8-9H,4-7H2,1-3H3,(H,17,18)(H2,14,15,16,19). The van der Waals surface area contributed by atoms with E-state index in [-0.39, 0.29) is 30.4 Å². The zero-order chi connectivity index (χ0) is 15.3. The van der Waals surface area contributed by atoms with Crippen molar-refractivity contribution >= 4 is 17.9 Å². The predicted molar refractivity (Wildman–Crippen MR) is 71.1 cm³/mol. The number of carbonyl (C=O) groups is 3. The maximum Gasteiger partial charge on any atom is 0.321 e. The van der Waals surface area contributed by atoms with Gasteiger partial charge in [0.25, 0.3) is 0 Å². The Balaban J connectivity index is 2.33. The Morgan fingerprint density at radius 2 is 1.95 bits per heavy atom. The van der Waals surface area contributed by atoms with Crippen molar-refractivity contribution in [1.82, 2.24) is 10.6 Å². The van der Waals surface area contributed by atoms with Crippen molar-refractivity contribution < 1.29 is 24.2 Å². The fraction of sp³-hybridized carbons (Fsp3) is 0.769. The molecule has 0 aromatic heterocycles. The van der Waals surface area contributed by atoms with E-state index in [1.807, 2.05) is 20.8 Å². The lowest BCUT2D eigenvalue weighted by molar-refractivity contribution is -0.138. The second kappa shape index (κ2) is 6.69. The lowest BCUT2D eigenvalue weighted by Crippen LogP contribution is -2.63. The highest BCUT2D eigenvalue weighted by molar-refractivity contribution is 5.95. The maximum atomic E-state index is 11.6. The van der Waals surface area contributed by atoms with Crippen LogP contribution in [0.25, 0.3) is 0 Å². The highest BCUT2D eigenvalue weighted by atomic mass is 16.5. The van der Waals surface area contributed by atoms with Gasteiger partial charge in [-0.15, -0.1) is 0 Å². The largest absolute Gasteiger partial charge is 0.481 e. The summed E-state index contributed by atoms with van der Waals surface area (Å²) in [5, 5.41) is 13.3. The number of ether oxygens (including phenoxy) is 1. The molecule has 2 atom stereocenters.